The maximum Gasteiger partial charge on any atom is 0.453 e. The van der Waals surface area contributed by atoms with E-state index in [9.17, 15) is 13.2 Å². The molecule has 0 fully saturated rings. The molecule has 24 heavy (non-hydrogen) atoms. The van der Waals surface area contributed by atoms with Gasteiger partial charge in [-0.05, 0) is 36.8 Å². The fraction of sp³-hybridized carbons (Fsp3) is 0.267. The summed E-state index contributed by atoms with van der Waals surface area (Å²) in [6, 6.07) is 10.4. The topological polar surface area (TPSA) is 64.3 Å². The molecule has 2 heterocycles. The van der Waals surface area contributed by atoms with E-state index in [1.807, 2.05) is 31.2 Å². The SMILES string of the molecule is CCOc1cccc(CNc2ccc3nnc(C(F)(F)F)n3n2)c1. The van der Waals surface area contributed by atoms with E-state index >= 15 is 0 Å². The third-order valence-corrected chi connectivity index (χ3v) is 3.20. The van der Waals surface area contributed by atoms with Gasteiger partial charge in [0.1, 0.15) is 11.6 Å². The van der Waals surface area contributed by atoms with Gasteiger partial charge in [0.05, 0.1) is 6.61 Å². The van der Waals surface area contributed by atoms with E-state index in [1.165, 1.54) is 6.07 Å². The fourth-order valence-corrected chi connectivity index (χ4v) is 2.16. The molecule has 0 saturated carbocycles. The molecule has 6 nitrogen and oxygen atoms in total. The second-order valence-electron chi connectivity index (χ2n) is 4.94. The number of anilines is 1. The van der Waals surface area contributed by atoms with Crippen LogP contribution in [-0.4, -0.2) is 26.4 Å². The molecule has 3 aromatic rings. The number of rotatable bonds is 5. The summed E-state index contributed by atoms with van der Waals surface area (Å²) in [6.07, 6.45) is -4.61. The minimum Gasteiger partial charge on any atom is -0.494 e. The molecule has 0 unspecified atom stereocenters. The van der Waals surface area contributed by atoms with Gasteiger partial charge in [0.2, 0.25) is 0 Å². The number of halogens is 3. The summed E-state index contributed by atoms with van der Waals surface area (Å²) in [5.74, 6) is -0.132. The van der Waals surface area contributed by atoms with Crippen molar-refractivity contribution >= 4 is 11.5 Å². The lowest BCUT2D eigenvalue weighted by Crippen LogP contribution is -2.13. The summed E-state index contributed by atoms with van der Waals surface area (Å²) < 4.78 is 44.6. The Bertz CT molecular complexity index is 846. The van der Waals surface area contributed by atoms with Crippen molar-refractivity contribution in [1.82, 2.24) is 19.8 Å². The second kappa shape index (κ2) is 6.34. The Labute approximate surface area is 135 Å². The van der Waals surface area contributed by atoms with Crippen molar-refractivity contribution in [2.24, 2.45) is 0 Å². The van der Waals surface area contributed by atoms with Crippen LogP contribution < -0.4 is 10.1 Å². The Hall–Kier alpha value is -2.84. The van der Waals surface area contributed by atoms with Crippen LogP contribution >= 0.6 is 0 Å². The van der Waals surface area contributed by atoms with Gasteiger partial charge in [-0.15, -0.1) is 15.3 Å². The first kappa shape index (κ1) is 16.0. The van der Waals surface area contributed by atoms with Crippen molar-refractivity contribution in [3.63, 3.8) is 0 Å². The largest absolute Gasteiger partial charge is 0.494 e. The van der Waals surface area contributed by atoms with E-state index in [2.05, 4.69) is 20.6 Å². The van der Waals surface area contributed by atoms with Crippen molar-refractivity contribution < 1.29 is 17.9 Å². The third kappa shape index (κ3) is 3.39. The Morgan fingerprint density at radius 1 is 1.17 bits per heavy atom. The molecule has 9 heteroatoms. The van der Waals surface area contributed by atoms with Gasteiger partial charge < -0.3 is 10.1 Å². The summed E-state index contributed by atoms with van der Waals surface area (Å²) in [4.78, 5) is 0. The summed E-state index contributed by atoms with van der Waals surface area (Å²) in [5, 5.41) is 13.5. The Morgan fingerprint density at radius 3 is 2.75 bits per heavy atom. The van der Waals surface area contributed by atoms with Crippen LogP contribution in [0.2, 0.25) is 0 Å². The van der Waals surface area contributed by atoms with Gasteiger partial charge in [-0.3, -0.25) is 0 Å². The molecule has 1 N–H and O–H groups in total. The zero-order valence-corrected chi connectivity index (χ0v) is 12.7. The minimum absolute atomic E-state index is 0.0335. The number of fused-ring (bicyclic) bond motifs is 1. The molecule has 0 aliphatic rings. The highest BCUT2D eigenvalue weighted by Gasteiger charge is 2.37. The monoisotopic (exact) mass is 337 g/mol. The molecular weight excluding hydrogens is 323 g/mol. The molecule has 0 bridgehead atoms. The van der Waals surface area contributed by atoms with Gasteiger partial charge >= 0.3 is 6.18 Å². The smallest absolute Gasteiger partial charge is 0.453 e. The van der Waals surface area contributed by atoms with Gasteiger partial charge in [-0.1, -0.05) is 12.1 Å². The number of alkyl halides is 3. The van der Waals surface area contributed by atoms with E-state index in [-0.39, 0.29) is 11.5 Å². The average Bonchev–Trinajstić information content (AvgIpc) is 2.97. The predicted molar refractivity (Wildman–Crippen MR) is 80.7 cm³/mol. The summed E-state index contributed by atoms with van der Waals surface area (Å²) >= 11 is 0. The minimum atomic E-state index is -4.61. The standard InChI is InChI=1S/C15H14F3N5O/c1-2-24-11-5-3-4-10(8-11)9-19-12-6-7-13-20-21-14(15(16,17)18)23(13)22-12/h3-8H,2,9H2,1H3,(H,19,22). The van der Waals surface area contributed by atoms with Crippen LogP contribution in [0.5, 0.6) is 5.75 Å². The Kier molecular flexibility index (Phi) is 4.24. The molecule has 126 valence electrons. The first-order valence-corrected chi connectivity index (χ1v) is 7.22. The Balaban J connectivity index is 1.79. The molecule has 0 spiro atoms. The highest BCUT2D eigenvalue weighted by Crippen LogP contribution is 2.27. The lowest BCUT2D eigenvalue weighted by Gasteiger charge is -2.09. The highest BCUT2D eigenvalue weighted by molar-refractivity contribution is 5.44. The first-order valence-electron chi connectivity index (χ1n) is 7.22. The summed E-state index contributed by atoms with van der Waals surface area (Å²) in [6.45, 7) is 2.84. The number of ether oxygens (including phenoxy) is 1. The van der Waals surface area contributed by atoms with Crippen molar-refractivity contribution in [1.29, 1.82) is 0 Å². The maximum absolute atomic E-state index is 12.9. The molecule has 0 radical (unpaired) electrons. The average molecular weight is 337 g/mol. The van der Waals surface area contributed by atoms with E-state index in [1.54, 1.807) is 6.07 Å². The number of aromatic nitrogens is 4. The van der Waals surface area contributed by atoms with E-state index in [4.69, 9.17) is 4.74 Å². The van der Waals surface area contributed by atoms with Crippen molar-refractivity contribution in [3.8, 4) is 5.75 Å². The Morgan fingerprint density at radius 2 is 2.00 bits per heavy atom. The van der Waals surface area contributed by atoms with E-state index in [0.29, 0.717) is 17.7 Å². The van der Waals surface area contributed by atoms with E-state index in [0.717, 1.165) is 11.3 Å². The number of nitrogens with one attached hydrogen (secondary N) is 1. The number of benzene rings is 1. The molecule has 0 amide bonds. The van der Waals surface area contributed by atoms with Crippen LogP contribution in [0.1, 0.15) is 18.3 Å². The zero-order chi connectivity index (χ0) is 17.2. The molecule has 0 atom stereocenters. The first-order chi connectivity index (χ1) is 11.5. The van der Waals surface area contributed by atoms with Crippen LogP contribution in [0, 0.1) is 0 Å². The number of nitrogens with zero attached hydrogens (tertiary/aromatic N) is 4. The van der Waals surface area contributed by atoms with Crippen LogP contribution in [0.25, 0.3) is 5.65 Å². The lowest BCUT2D eigenvalue weighted by atomic mass is 10.2. The molecule has 3 rings (SSSR count). The predicted octanol–water partition coefficient (Wildman–Crippen LogP) is 3.15. The highest BCUT2D eigenvalue weighted by atomic mass is 19.4. The van der Waals surface area contributed by atoms with Crippen LogP contribution in [0.15, 0.2) is 36.4 Å². The molecule has 0 saturated heterocycles. The molecule has 0 aliphatic carbocycles. The van der Waals surface area contributed by atoms with Crippen LogP contribution in [0.3, 0.4) is 0 Å². The van der Waals surface area contributed by atoms with Gasteiger partial charge in [0.25, 0.3) is 5.82 Å². The van der Waals surface area contributed by atoms with Crippen LogP contribution in [-0.2, 0) is 12.7 Å². The van der Waals surface area contributed by atoms with E-state index < -0.39 is 12.0 Å². The normalized spacial score (nSPS) is 11.7. The van der Waals surface area contributed by atoms with Gasteiger partial charge in [0, 0.05) is 6.54 Å². The van der Waals surface area contributed by atoms with Crippen LogP contribution in [0.4, 0.5) is 19.0 Å². The lowest BCUT2D eigenvalue weighted by molar-refractivity contribution is -0.146. The third-order valence-electron chi connectivity index (χ3n) is 3.20. The molecular formula is C15H14F3N5O. The molecule has 0 aliphatic heterocycles. The zero-order valence-electron chi connectivity index (χ0n) is 12.7. The number of hydrogen-bond acceptors (Lipinski definition) is 5. The van der Waals surface area contributed by atoms with Crippen molar-refractivity contribution in [3.05, 3.63) is 47.8 Å². The van der Waals surface area contributed by atoms with Gasteiger partial charge in [0.15, 0.2) is 5.65 Å². The number of hydrogen-bond donors (Lipinski definition) is 1. The quantitative estimate of drug-likeness (QED) is 0.775. The van der Waals surface area contributed by atoms with Gasteiger partial charge in [-0.25, -0.2) is 0 Å². The van der Waals surface area contributed by atoms with Crippen molar-refractivity contribution in [2.45, 2.75) is 19.6 Å². The second-order valence-corrected chi connectivity index (χ2v) is 4.94. The molecule has 2 aromatic heterocycles. The fourth-order valence-electron chi connectivity index (χ4n) is 2.16. The summed E-state index contributed by atoms with van der Waals surface area (Å²) in [7, 11) is 0. The maximum atomic E-state index is 12.9. The van der Waals surface area contributed by atoms with Gasteiger partial charge in [-0.2, -0.15) is 17.7 Å². The molecule has 1 aromatic carbocycles. The van der Waals surface area contributed by atoms with Crippen molar-refractivity contribution in [2.75, 3.05) is 11.9 Å². The summed E-state index contributed by atoms with van der Waals surface area (Å²) in [5.41, 5.74) is 0.953.